The van der Waals surface area contributed by atoms with E-state index in [1.54, 1.807) is 0 Å². The Morgan fingerprint density at radius 1 is 1.13 bits per heavy atom. The first-order valence-electron chi connectivity index (χ1n) is 10.5. The highest BCUT2D eigenvalue weighted by Crippen LogP contribution is 2.23. The summed E-state index contributed by atoms with van der Waals surface area (Å²) >= 11 is 1.47. The van der Waals surface area contributed by atoms with Crippen molar-refractivity contribution in [2.45, 2.75) is 44.8 Å². The number of ether oxygens (including phenoxy) is 2. The highest BCUT2D eigenvalue weighted by molar-refractivity contribution is 8.00. The molecule has 0 aliphatic carbocycles. The zero-order chi connectivity index (χ0) is 23.5. The molecule has 0 saturated carbocycles. The van der Waals surface area contributed by atoms with E-state index in [9.17, 15) is 19.2 Å². The van der Waals surface area contributed by atoms with E-state index in [0.717, 1.165) is 12.8 Å². The second-order valence-corrected chi connectivity index (χ2v) is 7.74. The minimum atomic E-state index is -0.187. The molecule has 4 amide bonds. The van der Waals surface area contributed by atoms with Crippen LogP contribution >= 0.6 is 11.8 Å². The highest BCUT2D eigenvalue weighted by Gasteiger charge is 2.37. The maximum atomic E-state index is 11.5. The standard InChI is InChI=1S/C11H22N2O5.C9H15NO2S/c1-10(15)12-3-6-17-8-9-18-7-4-13-11(16)2-5-14;1-3-4-5-10-8(11)6-7(13-2)9(10)12/h14H,2-9H2,1H3,(H,12,15)(H,13,16);7H,3-6H2,1-2H3. The van der Waals surface area contributed by atoms with Crippen LogP contribution in [0.5, 0.6) is 0 Å². The van der Waals surface area contributed by atoms with Crippen LogP contribution in [0.4, 0.5) is 0 Å². The fourth-order valence-corrected chi connectivity index (χ4v) is 3.10. The Kier molecular flexibility index (Phi) is 18.0. The molecule has 10 nitrogen and oxygen atoms in total. The zero-order valence-corrected chi connectivity index (χ0v) is 19.6. The van der Waals surface area contributed by atoms with E-state index >= 15 is 0 Å². The maximum absolute atomic E-state index is 11.5. The molecule has 1 aliphatic rings. The second-order valence-electron chi connectivity index (χ2n) is 6.70. The van der Waals surface area contributed by atoms with Crippen LogP contribution in [0.2, 0.25) is 0 Å². The van der Waals surface area contributed by atoms with E-state index in [2.05, 4.69) is 17.6 Å². The van der Waals surface area contributed by atoms with E-state index < -0.39 is 0 Å². The van der Waals surface area contributed by atoms with Gasteiger partial charge in [-0.3, -0.25) is 24.1 Å². The molecule has 11 heteroatoms. The average Bonchev–Trinajstić information content (AvgIpc) is 3.01. The molecule has 1 atom stereocenters. The normalized spacial score (nSPS) is 15.5. The molecule has 180 valence electrons. The quantitative estimate of drug-likeness (QED) is 0.227. The van der Waals surface area contributed by atoms with Crippen LogP contribution in [0.3, 0.4) is 0 Å². The number of amides is 4. The van der Waals surface area contributed by atoms with Crippen LogP contribution in [-0.2, 0) is 28.7 Å². The van der Waals surface area contributed by atoms with Crippen molar-refractivity contribution in [2.75, 3.05) is 58.9 Å². The van der Waals surface area contributed by atoms with E-state index in [1.165, 1.54) is 23.6 Å². The summed E-state index contributed by atoms with van der Waals surface area (Å²) in [7, 11) is 0. The number of imide groups is 1. The number of carbonyl (C=O) groups is 4. The Hall–Kier alpha value is -1.69. The van der Waals surface area contributed by atoms with Gasteiger partial charge >= 0.3 is 0 Å². The lowest BCUT2D eigenvalue weighted by Gasteiger charge is -2.13. The summed E-state index contributed by atoms with van der Waals surface area (Å²) in [5.41, 5.74) is 0. The number of hydrogen-bond donors (Lipinski definition) is 3. The van der Waals surface area contributed by atoms with Gasteiger partial charge in [0.05, 0.1) is 38.3 Å². The van der Waals surface area contributed by atoms with Crippen molar-refractivity contribution >= 4 is 35.4 Å². The fraction of sp³-hybridized carbons (Fsp3) is 0.800. The SMILES string of the molecule is CC(=O)NCCOCCOCCNC(=O)CCO.CCCCN1C(=O)CC(SC)C1=O. The number of carbonyl (C=O) groups excluding carboxylic acids is 4. The smallest absolute Gasteiger partial charge is 0.242 e. The molecule has 1 aliphatic heterocycles. The van der Waals surface area contributed by atoms with Gasteiger partial charge in [-0.2, -0.15) is 11.8 Å². The van der Waals surface area contributed by atoms with E-state index in [4.69, 9.17) is 14.6 Å². The number of likely N-dealkylation sites (tertiary alicyclic amines) is 1. The lowest BCUT2D eigenvalue weighted by atomic mass is 10.3. The van der Waals surface area contributed by atoms with Crippen LogP contribution in [0.1, 0.15) is 39.5 Å². The second kappa shape index (κ2) is 19.0. The van der Waals surface area contributed by atoms with Crippen LogP contribution < -0.4 is 10.6 Å². The van der Waals surface area contributed by atoms with Crippen molar-refractivity contribution in [1.29, 1.82) is 0 Å². The Morgan fingerprint density at radius 2 is 1.74 bits per heavy atom. The third-order valence-corrected chi connectivity index (χ3v) is 5.06. The third kappa shape index (κ3) is 14.9. The van der Waals surface area contributed by atoms with Crippen molar-refractivity contribution in [1.82, 2.24) is 15.5 Å². The van der Waals surface area contributed by atoms with Gasteiger partial charge in [0.2, 0.25) is 23.6 Å². The van der Waals surface area contributed by atoms with Crippen molar-refractivity contribution < 1.29 is 33.8 Å². The van der Waals surface area contributed by atoms with Gasteiger partial charge in [0.1, 0.15) is 0 Å². The van der Waals surface area contributed by atoms with E-state index in [1.807, 2.05) is 6.26 Å². The molecule has 1 saturated heterocycles. The monoisotopic (exact) mass is 463 g/mol. The number of thioether (sulfide) groups is 1. The molecule has 0 aromatic heterocycles. The molecular formula is C20H37N3O7S. The molecule has 1 fully saturated rings. The summed E-state index contributed by atoms with van der Waals surface area (Å²) in [6.45, 7) is 6.63. The van der Waals surface area contributed by atoms with Crippen LogP contribution in [0.15, 0.2) is 0 Å². The van der Waals surface area contributed by atoms with Gasteiger partial charge in [-0.1, -0.05) is 13.3 Å². The number of rotatable bonds is 15. The largest absolute Gasteiger partial charge is 0.396 e. The number of aliphatic hydroxyl groups excluding tert-OH is 1. The molecular weight excluding hydrogens is 426 g/mol. The van der Waals surface area contributed by atoms with Gasteiger partial charge in [-0.15, -0.1) is 0 Å². The third-order valence-electron chi connectivity index (χ3n) is 4.12. The molecule has 3 N–H and O–H groups in total. The first kappa shape index (κ1) is 29.3. The lowest BCUT2D eigenvalue weighted by Crippen LogP contribution is -2.32. The van der Waals surface area contributed by atoms with Crippen LogP contribution in [-0.4, -0.2) is 97.8 Å². The molecule has 31 heavy (non-hydrogen) atoms. The summed E-state index contributed by atoms with van der Waals surface area (Å²) in [5, 5.41) is 13.6. The van der Waals surface area contributed by atoms with Crippen molar-refractivity contribution in [3.05, 3.63) is 0 Å². The predicted octanol–water partition coefficient (Wildman–Crippen LogP) is -0.0687. The van der Waals surface area contributed by atoms with Gasteiger partial charge in [-0.25, -0.2) is 0 Å². The number of nitrogens with zero attached hydrogens (tertiary/aromatic N) is 1. The Balaban J connectivity index is 0.000000609. The molecule has 1 heterocycles. The topological polar surface area (TPSA) is 134 Å². The molecule has 1 rings (SSSR count). The van der Waals surface area contributed by atoms with Gasteiger partial charge in [0.15, 0.2) is 0 Å². The summed E-state index contributed by atoms with van der Waals surface area (Å²) in [6, 6.07) is 0. The first-order valence-corrected chi connectivity index (χ1v) is 11.8. The number of nitrogens with one attached hydrogen (secondary N) is 2. The van der Waals surface area contributed by atoms with Crippen LogP contribution in [0, 0.1) is 0 Å². The fourth-order valence-electron chi connectivity index (χ4n) is 2.46. The van der Waals surface area contributed by atoms with Crippen LogP contribution in [0.25, 0.3) is 0 Å². The van der Waals surface area contributed by atoms with Gasteiger partial charge < -0.3 is 25.2 Å². The van der Waals surface area contributed by atoms with Gasteiger partial charge in [0, 0.05) is 39.4 Å². The molecule has 0 spiro atoms. The predicted molar refractivity (Wildman–Crippen MR) is 119 cm³/mol. The maximum Gasteiger partial charge on any atom is 0.242 e. The Morgan fingerprint density at radius 3 is 2.23 bits per heavy atom. The first-order chi connectivity index (χ1) is 14.9. The number of hydrogen-bond acceptors (Lipinski definition) is 8. The minimum absolute atomic E-state index is 0.00204. The summed E-state index contributed by atoms with van der Waals surface area (Å²) in [5.74, 6) is -0.259. The Labute approximate surface area is 188 Å². The molecule has 0 aromatic rings. The lowest BCUT2D eigenvalue weighted by molar-refractivity contribution is -0.138. The summed E-state index contributed by atoms with van der Waals surface area (Å²) in [6.07, 6.45) is 4.31. The minimum Gasteiger partial charge on any atom is -0.396 e. The van der Waals surface area contributed by atoms with Crippen molar-refractivity contribution in [2.24, 2.45) is 0 Å². The zero-order valence-electron chi connectivity index (χ0n) is 18.8. The average molecular weight is 464 g/mol. The highest BCUT2D eigenvalue weighted by atomic mass is 32.2. The molecule has 0 radical (unpaired) electrons. The van der Waals surface area contributed by atoms with E-state index in [-0.39, 0.29) is 41.9 Å². The molecule has 0 aromatic carbocycles. The number of aliphatic hydroxyl groups is 1. The van der Waals surface area contributed by atoms with Crippen molar-refractivity contribution in [3.63, 3.8) is 0 Å². The van der Waals surface area contributed by atoms with Gasteiger partial charge in [-0.05, 0) is 12.7 Å². The Bertz CT molecular complexity index is 549. The summed E-state index contributed by atoms with van der Waals surface area (Å²) < 4.78 is 10.4. The van der Waals surface area contributed by atoms with E-state index in [0.29, 0.717) is 52.5 Å². The van der Waals surface area contributed by atoms with Crippen molar-refractivity contribution in [3.8, 4) is 0 Å². The summed E-state index contributed by atoms with van der Waals surface area (Å²) in [4.78, 5) is 45.7. The molecule has 1 unspecified atom stereocenters. The molecule has 0 bridgehead atoms. The number of unbranched alkanes of at least 4 members (excludes halogenated alkanes) is 1. The van der Waals surface area contributed by atoms with Gasteiger partial charge in [0.25, 0.3) is 0 Å².